The summed E-state index contributed by atoms with van der Waals surface area (Å²) in [5.74, 6) is 0.967. The lowest BCUT2D eigenvalue weighted by Crippen LogP contribution is -2.51. The molecule has 2 fully saturated rings. The molecule has 4 heteroatoms. The van der Waals surface area contributed by atoms with Gasteiger partial charge in [0.05, 0.1) is 0 Å². The molecule has 2 aliphatic rings. The van der Waals surface area contributed by atoms with E-state index < -0.39 is 0 Å². The minimum atomic E-state index is 0.359. The molecule has 0 spiro atoms. The van der Waals surface area contributed by atoms with Gasteiger partial charge in [0.1, 0.15) is 11.9 Å². The van der Waals surface area contributed by atoms with Gasteiger partial charge in [0.15, 0.2) is 0 Å². The highest BCUT2D eigenvalue weighted by molar-refractivity contribution is 9.11. The van der Waals surface area contributed by atoms with Crippen molar-refractivity contribution in [3.05, 3.63) is 26.6 Å². The Hall–Kier alpha value is -0.0600. The average Bonchev–Trinajstić information content (AvgIpc) is 2.35. The van der Waals surface area contributed by atoms with E-state index in [0.717, 1.165) is 27.5 Å². The van der Waals surface area contributed by atoms with Crippen LogP contribution in [0, 0.1) is 6.92 Å². The Bertz CT molecular complexity index is 442. The van der Waals surface area contributed by atoms with Crippen LogP contribution in [0.3, 0.4) is 0 Å². The predicted molar refractivity (Wildman–Crippen MR) is 84.8 cm³/mol. The first-order valence-electron chi connectivity index (χ1n) is 7.00. The van der Waals surface area contributed by atoms with Crippen molar-refractivity contribution in [2.24, 2.45) is 0 Å². The molecule has 3 rings (SSSR count). The second-order valence-electron chi connectivity index (χ2n) is 5.71. The van der Waals surface area contributed by atoms with Crippen LogP contribution in [0.15, 0.2) is 21.1 Å². The molecule has 2 aliphatic heterocycles. The number of hydrogen-bond acceptors (Lipinski definition) is 2. The zero-order chi connectivity index (χ0) is 13.4. The Morgan fingerprint density at radius 1 is 1.11 bits per heavy atom. The van der Waals surface area contributed by atoms with Crippen LogP contribution in [0.5, 0.6) is 5.75 Å². The van der Waals surface area contributed by atoms with Gasteiger partial charge >= 0.3 is 0 Å². The van der Waals surface area contributed by atoms with Crippen LogP contribution in [0.2, 0.25) is 0 Å². The number of nitrogens with one attached hydrogen (secondary N) is 1. The van der Waals surface area contributed by atoms with Gasteiger partial charge in [-0.3, -0.25) is 0 Å². The number of ether oxygens (including phenoxy) is 1. The van der Waals surface area contributed by atoms with Crippen molar-refractivity contribution in [3.8, 4) is 5.75 Å². The van der Waals surface area contributed by atoms with Crippen LogP contribution in [-0.2, 0) is 0 Å². The van der Waals surface area contributed by atoms with Gasteiger partial charge in [-0.25, -0.2) is 0 Å². The average molecular weight is 389 g/mol. The molecule has 0 aliphatic carbocycles. The van der Waals surface area contributed by atoms with Crippen molar-refractivity contribution in [1.29, 1.82) is 0 Å². The number of hydrogen-bond donors (Lipinski definition) is 1. The van der Waals surface area contributed by atoms with Crippen molar-refractivity contribution in [2.75, 3.05) is 0 Å². The molecule has 0 radical (unpaired) electrons. The van der Waals surface area contributed by atoms with E-state index in [1.54, 1.807) is 0 Å². The van der Waals surface area contributed by atoms with Crippen LogP contribution in [0.25, 0.3) is 0 Å². The monoisotopic (exact) mass is 387 g/mol. The minimum absolute atomic E-state index is 0.359. The molecule has 19 heavy (non-hydrogen) atoms. The lowest BCUT2D eigenvalue weighted by atomic mass is 9.85. The van der Waals surface area contributed by atoms with Crippen molar-refractivity contribution in [3.63, 3.8) is 0 Å². The van der Waals surface area contributed by atoms with Crippen molar-refractivity contribution >= 4 is 31.9 Å². The van der Waals surface area contributed by atoms with E-state index in [-0.39, 0.29) is 0 Å². The smallest absolute Gasteiger partial charge is 0.121 e. The predicted octanol–water partition coefficient (Wildman–Crippen LogP) is 4.57. The normalized spacial score (nSPS) is 30.2. The number of piperidine rings is 2. The largest absolute Gasteiger partial charge is 0.490 e. The molecule has 2 nitrogen and oxygen atoms in total. The van der Waals surface area contributed by atoms with Gasteiger partial charge in [0.25, 0.3) is 0 Å². The molecule has 0 aromatic heterocycles. The number of fused-ring (bicyclic) bond motifs is 2. The first-order chi connectivity index (χ1) is 9.11. The molecular formula is C15H19Br2NO. The maximum Gasteiger partial charge on any atom is 0.121 e. The minimum Gasteiger partial charge on any atom is -0.490 e. The molecule has 0 amide bonds. The third-order valence-corrected chi connectivity index (χ3v) is 5.88. The fourth-order valence-corrected chi connectivity index (χ4v) is 4.34. The van der Waals surface area contributed by atoms with E-state index in [4.69, 9.17) is 4.74 Å². The zero-order valence-corrected chi connectivity index (χ0v) is 14.3. The van der Waals surface area contributed by atoms with Gasteiger partial charge in [-0.15, -0.1) is 0 Å². The van der Waals surface area contributed by atoms with Crippen LogP contribution >= 0.6 is 31.9 Å². The highest BCUT2D eigenvalue weighted by atomic mass is 79.9. The maximum atomic E-state index is 6.21. The summed E-state index contributed by atoms with van der Waals surface area (Å²) in [4.78, 5) is 0. The quantitative estimate of drug-likeness (QED) is 0.800. The zero-order valence-electron chi connectivity index (χ0n) is 11.1. The third kappa shape index (κ3) is 3.17. The van der Waals surface area contributed by atoms with Crippen molar-refractivity contribution in [1.82, 2.24) is 5.32 Å². The second-order valence-corrected chi connectivity index (χ2v) is 7.42. The molecule has 2 unspecified atom stereocenters. The van der Waals surface area contributed by atoms with Gasteiger partial charge in [0, 0.05) is 21.0 Å². The summed E-state index contributed by atoms with van der Waals surface area (Å²) >= 11 is 7.18. The van der Waals surface area contributed by atoms with Gasteiger partial charge < -0.3 is 10.1 Å². The van der Waals surface area contributed by atoms with Crippen LogP contribution in [-0.4, -0.2) is 18.2 Å². The molecule has 1 aromatic rings. The van der Waals surface area contributed by atoms with E-state index in [0.29, 0.717) is 18.2 Å². The Kier molecular flexibility index (Phi) is 4.20. The molecule has 2 atom stereocenters. The molecule has 1 aromatic carbocycles. The standard InChI is InChI=1S/C15H19Br2NO/c1-9-14(16)7-13(8-15(9)17)19-12-5-10-3-2-4-11(6-12)18-10/h7-8,10-12,18H,2-6H2,1H3. The molecule has 2 bridgehead atoms. The molecule has 2 heterocycles. The van der Waals surface area contributed by atoms with E-state index in [9.17, 15) is 0 Å². The lowest BCUT2D eigenvalue weighted by molar-refractivity contribution is 0.0926. The molecule has 0 saturated carbocycles. The van der Waals surface area contributed by atoms with Crippen LogP contribution in [0.1, 0.15) is 37.7 Å². The van der Waals surface area contributed by atoms with E-state index >= 15 is 0 Å². The highest BCUT2D eigenvalue weighted by Gasteiger charge is 2.32. The summed E-state index contributed by atoms with van der Waals surface area (Å²) in [6.45, 7) is 2.09. The summed E-state index contributed by atoms with van der Waals surface area (Å²) in [5, 5.41) is 3.70. The summed E-state index contributed by atoms with van der Waals surface area (Å²) in [6.07, 6.45) is 6.61. The molecule has 2 saturated heterocycles. The fraction of sp³-hybridized carbons (Fsp3) is 0.600. The second kappa shape index (κ2) is 5.74. The Balaban J connectivity index is 1.71. The maximum absolute atomic E-state index is 6.21. The first kappa shape index (κ1) is 13.9. The highest BCUT2D eigenvalue weighted by Crippen LogP contribution is 2.33. The number of benzene rings is 1. The number of rotatable bonds is 2. The van der Waals surface area contributed by atoms with Gasteiger partial charge in [0.2, 0.25) is 0 Å². The van der Waals surface area contributed by atoms with E-state index in [1.165, 1.54) is 24.8 Å². The summed E-state index contributed by atoms with van der Waals surface area (Å²) < 4.78 is 8.41. The Morgan fingerprint density at radius 2 is 1.68 bits per heavy atom. The van der Waals surface area contributed by atoms with Crippen LogP contribution in [0.4, 0.5) is 0 Å². The third-order valence-electron chi connectivity index (χ3n) is 4.23. The Labute approximate surface area is 131 Å². The van der Waals surface area contributed by atoms with Gasteiger partial charge in [-0.05, 0) is 50.3 Å². The molecule has 1 N–H and O–H groups in total. The van der Waals surface area contributed by atoms with Gasteiger partial charge in [-0.1, -0.05) is 38.3 Å². The number of halogens is 2. The fourth-order valence-electron chi connectivity index (χ4n) is 3.19. The summed E-state index contributed by atoms with van der Waals surface area (Å²) in [6, 6.07) is 5.49. The van der Waals surface area contributed by atoms with E-state index in [1.807, 2.05) is 0 Å². The SMILES string of the molecule is Cc1c(Br)cc(OC2CC3CCCC(C2)N3)cc1Br. The summed E-state index contributed by atoms with van der Waals surface area (Å²) in [5.41, 5.74) is 1.22. The van der Waals surface area contributed by atoms with Crippen molar-refractivity contribution < 1.29 is 4.74 Å². The molecular weight excluding hydrogens is 370 g/mol. The van der Waals surface area contributed by atoms with Crippen molar-refractivity contribution in [2.45, 2.75) is 57.2 Å². The lowest BCUT2D eigenvalue weighted by Gasteiger charge is -2.40. The van der Waals surface area contributed by atoms with Crippen LogP contribution < -0.4 is 10.1 Å². The van der Waals surface area contributed by atoms with E-state index in [2.05, 4.69) is 56.2 Å². The topological polar surface area (TPSA) is 21.3 Å². The Morgan fingerprint density at radius 3 is 2.26 bits per heavy atom. The molecule has 104 valence electrons. The first-order valence-corrected chi connectivity index (χ1v) is 8.59. The van der Waals surface area contributed by atoms with Gasteiger partial charge in [-0.2, -0.15) is 0 Å². The summed E-state index contributed by atoms with van der Waals surface area (Å²) in [7, 11) is 0.